The third-order valence-corrected chi connectivity index (χ3v) is 4.85. The average molecular weight is 406 g/mol. The number of hydrogen-bond donors (Lipinski definition) is 1. The quantitative estimate of drug-likeness (QED) is 0.727. The molecule has 5 heteroatoms. The van der Waals surface area contributed by atoms with Crippen molar-refractivity contribution in [3.8, 4) is 5.75 Å². The van der Waals surface area contributed by atoms with Gasteiger partial charge in [-0.3, -0.25) is 0 Å². The second-order valence-corrected chi connectivity index (χ2v) is 6.06. The van der Waals surface area contributed by atoms with Crippen LogP contribution in [0.4, 0.5) is 5.69 Å². The van der Waals surface area contributed by atoms with E-state index < -0.39 is 0 Å². The molecule has 0 atom stereocenters. The van der Waals surface area contributed by atoms with Gasteiger partial charge in [-0.1, -0.05) is 17.7 Å². The van der Waals surface area contributed by atoms with Crippen LogP contribution in [0.15, 0.2) is 45.3 Å². The van der Waals surface area contributed by atoms with Gasteiger partial charge in [0.1, 0.15) is 5.75 Å². The fourth-order valence-electron chi connectivity index (χ4n) is 1.61. The summed E-state index contributed by atoms with van der Waals surface area (Å²) < 4.78 is 7.25. The van der Waals surface area contributed by atoms with E-state index in [2.05, 4.69) is 49.3 Å². The number of hydrogen-bond acceptors (Lipinski definition) is 2. The van der Waals surface area contributed by atoms with Gasteiger partial charge in [-0.2, -0.15) is 0 Å². The second-order valence-electron chi connectivity index (χ2n) is 3.95. The van der Waals surface area contributed by atoms with E-state index >= 15 is 0 Å². The van der Waals surface area contributed by atoms with E-state index in [1.54, 1.807) is 7.11 Å². The average Bonchev–Trinajstić information content (AvgIpc) is 2.41. The van der Waals surface area contributed by atoms with Gasteiger partial charge < -0.3 is 10.1 Å². The van der Waals surface area contributed by atoms with Crippen LogP contribution in [0.3, 0.4) is 0 Å². The molecule has 0 unspecified atom stereocenters. The first-order chi connectivity index (χ1) is 9.10. The van der Waals surface area contributed by atoms with Crippen molar-refractivity contribution in [1.82, 2.24) is 0 Å². The molecule has 0 heterocycles. The van der Waals surface area contributed by atoms with Crippen molar-refractivity contribution < 1.29 is 4.74 Å². The number of anilines is 1. The summed E-state index contributed by atoms with van der Waals surface area (Å²) in [6.45, 7) is 0.693. The maximum atomic E-state index is 6.14. The molecule has 1 N–H and O–H groups in total. The third-order valence-electron chi connectivity index (χ3n) is 2.64. The van der Waals surface area contributed by atoms with Crippen LogP contribution in [-0.2, 0) is 6.54 Å². The highest BCUT2D eigenvalue weighted by Crippen LogP contribution is 2.28. The molecule has 100 valence electrons. The molecule has 2 aromatic carbocycles. The Balaban J connectivity index is 2.11. The Morgan fingerprint density at radius 3 is 2.58 bits per heavy atom. The van der Waals surface area contributed by atoms with E-state index in [9.17, 15) is 0 Å². The molecule has 0 spiro atoms. The molecular formula is C14H12Br2ClNO. The highest BCUT2D eigenvalue weighted by atomic mass is 79.9. The molecule has 0 fully saturated rings. The van der Waals surface area contributed by atoms with Crippen LogP contribution in [0, 0.1) is 0 Å². The van der Waals surface area contributed by atoms with Crippen LogP contribution in [-0.4, -0.2) is 7.11 Å². The van der Waals surface area contributed by atoms with Crippen molar-refractivity contribution in [1.29, 1.82) is 0 Å². The standard InChI is InChI=1S/C14H12Br2ClNO/c1-19-10-3-5-13(17)14(7-10)18-8-9-2-4-11(15)12(16)6-9/h2-7,18H,8H2,1H3. The Hall–Kier alpha value is -0.710. The summed E-state index contributed by atoms with van der Waals surface area (Å²) in [5.41, 5.74) is 2.02. The number of methoxy groups -OCH3 is 1. The maximum absolute atomic E-state index is 6.14. The van der Waals surface area contributed by atoms with E-state index in [1.807, 2.05) is 24.3 Å². The van der Waals surface area contributed by atoms with Gasteiger partial charge in [-0.25, -0.2) is 0 Å². The Labute approximate surface area is 134 Å². The molecule has 0 bridgehead atoms. The zero-order valence-electron chi connectivity index (χ0n) is 10.2. The Bertz CT molecular complexity index is 590. The molecule has 0 aromatic heterocycles. The maximum Gasteiger partial charge on any atom is 0.121 e. The van der Waals surface area contributed by atoms with Crippen molar-refractivity contribution in [2.45, 2.75) is 6.54 Å². The number of nitrogens with one attached hydrogen (secondary N) is 1. The monoisotopic (exact) mass is 403 g/mol. The summed E-state index contributed by atoms with van der Waals surface area (Å²) in [7, 11) is 1.64. The Morgan fingerprint density at radius 1 is 1.11 bits per heavy atom. The van der Waals surface area contributed by atoms with Gasteiger partial charge in [0.25, 0.3) is 0 Å². The van der Waals surface area contributed by atoms with E-state index in [0.717, 1.165) is 25.9 Å². The van der Waals surface area contributed by atoms with E-state index in [0.29, 0.717) is 11.6 Å². The van der Waals surface area contributed by atoms with Gasteiger partial charge in [-0.15, -0.1) is 0 Å². The minimum atomic E-state index is 0.678. The molecule has 0 aliphatic heterocycles. The second kappa shape index (κ2) is 6.64. The normalized spacial score (nSPS) is 10.3. The van der Waals surface area contributed by atoms with Crippen molar-refractivity contribution >= 4 is 49.1 Å². The van der Waals surface area contributed by atoms with Gasteiger partial charge in [0.15, 0.2) is 0 Å². The smallest absolute Gasteiger partial charge is 0.121 e. The van der Waals surface area contributed by atoms with Gasteiger partial charge in [-0.05, 0) is 61.7 Å². The lowest BCUT2D eigenvalue weighted by Crippen LogP contribution is -2.00. The minimum absolute atomic E-state index is 0.678. The van der Waals surface area contributed by atoms with Crippen molar-refractivity contribution in [2.24, 2.45) is 0 Å². The highest BCUT2D eigenvalue weighted by Gasteiger charge is 2.03. The van der Waals surface area contributed by atoms with Crippen LogP contribution in [0.25, 0.3) is 0 Å². The molecule has 0 radical (unpaired) electrons. The predicted octanol–water partition coefficient (Wildman–Crippen LogP) is 5.49. The molecular weight excluding hydrogens is 393 g/mol. The van der Waals surface area contributed by atoms with Crippen LogP contribution < -0.4 is 10.1 Å². The Morgan fingerprint density at radius 2 is 1.89 bits per heavy atom. The first-order valence-electron chi connectivity index (χ1n) is 5.61. The topological polar surface area (TPSA) is 21.3 Å². The van der Waals surface area contributed by atoms with Crippen molar-refractivity contribution in [3.05, 3.63) is 55.9 Å². The number of halogens is 3. The molecule has 0 aliphatic carbocycles. The number of benzene rings is 2. The number of ether oxygens (including phenoxy) is 1. The largest absolute Gasteiger partial charge is 0.497 e. The summed E-state index contributed by atoms with van der Waals surface area (Å²) >= 11 is 13.1. The lowest BCUT2D eigenvalue weighted by molar-refractivity contribution is 0.415. The van der Waals surface area contributed by atoms with Crippen molar-refractivity contribution in [2.75, 3.05) is 12.4 Å². The lowest BCUT2D eigenvalue weighted by Gasteiger charge is -2.10. The molecule has 2 rings (SSSR count). The van der Waals surface area contributed by atoms with Crippen LogP contribution in [0.5, 0.6) is 5.75 Å². The molecule has 0 aliphatic rings. The summed E-state index contributed by atoms with van der Waals surface area (Å²) in [5.74, 6) is 0.781. The minimum Gasteiger partial charge on any atom is -0.497 e. The zero-order valence-corrected chi connectivity index (χ0v) is 14.1. The summed E-state index contributed by atoms with van der Waals surface area (Å²) in [6.07, 6.45) is 0. The fraction of sp³-hybridized carbons (Fsp3) is 0.143. The SMILES string of the molecule is COc1ccc(Cl)c(NCc2ccc(Br)c(Br)c2)c1. The fourth-order valence-corrected chi connectivity index (χ4v) is 2.47. The first-order valence-corrected chi connectivity index (χ1v) is 7.58. The molecule has 2 aromatic rings. The van der Waals surface area contributed by atoms with E-state index in [4.69, 9.17) is 16.3 Å². The van der Waals surface area contributed by atoms with Gasteiger partial charge in [0, 0.05) is 21.6 Å². The van der Waals surface area contributed by atoms with Gasteiger partial charge in [0.2, 0.25) is 0 Å². The molecule has 19 heavy (non-hydrogen) atoms. The van der Waals surface area contributed by atoms with Crippen molar-refractivity contribution in [3.63, 3.8) is 0 Å². The van der Waals surface area contributed by atoms with Crippen LogP contribution in [0.2, 0.25) is 5.02 Å². The highest BCUT2D eigenvalue weighted by molar-refractivity contribution is 9.13. The predicted molar refractivity (Wildman–Crippen MR) is 87.2 cm³/mol. The Kier molecular flexibility index (Phi) is 5.13. The van der Waals surface area contributed by atoms with E-state index in [1.165, 1.54) is 0 Å². The van der Waals surface area contributed by atoms with Gasteiger partial charge >= 0.3 is 0 Å². The lowest BCUT2D eigenvalue weighted by atomic mass is 10.2. The van der Waals surface area contributed by atoms with Gasteiger partial charge in [0.05, 0.1) is 17.8 Å². The summed E-state index contributed by atoms with van der Waals surface area (Å²) in [5, 5.41) is 3.98. The van der Waals surface area contributed by atoms with Crippen LogP contribution in [0.1, 0.15) is 5.56 Å². The number of rotatable bonds is 4. The molecule has 0 saturated carbocycles. The van der Waals surface area contributed by atoms with E-state index in [-0.39, 0.29) is 0 Å². The molecule has 0 saturated heterocycles. The van der Waals surface area contributed by atoms with Crippen LogP contribution >= 0.6 is 43.5 Å². The summed E-state index contributed by atoms with van der Waals surface area (Å²) in [4.78, 5) is 0. The molecule has 2 nitrogen and oxygen atoms in total. The molecule has 0 amide bonds. The third kappa shape index (κ3) is 3.88. The zero-order chi connectivity index (χ0) is 13.8. The summed E-state index contributed by atoms with van der Waals surface area (Å²) in [6, 6.07) is 11.7. The first kappa shape index (κ1) is 14.7.